The first-order valence-electron chi connectivity index (χ1n) is 6.84. The molecule has 2 N–H and O–H groups in total. The van der Waals surface area contributed by atoms with Crippen molar-refractivity contribution >= 4 is 11.9 Å². The lowest BCUT2D eigenvalue weighted by molar-refractivity contribution is -0.138. The van der Waals surface area contributed by atoms with E-state index in [1.165, 1.54) is 18.2 Å². The van der Waals surface area contributed by atoms with Gasteiger partial charge in [0.25, 0.3) is 5.91 Å². The second-order valence-electron chi connectivity index (χ2n) is 4.89. The summed E-state index contributed by atoms with van der Waals surface area (Å²) in [6.45, 7) is 3.72. The topological polar surface area (TPSA) is 75.6 Å². The normalized spacial score (nSPS) is 13.3. The zero-order valence-electron chi connectivity index (χ0n) is 12.1. The molecule has 0 aliphatic rings. The van der Waals surface area contributed by atoms with Gasteiger partial charge >= 0.3 is 5.97 Å². The molecule has 2 unspecified atom stereocenters. The van der Waals surface area contributed by atoms with Crippen LogP contribution in [0.3, 0.4) is 0 Å². The fourth-order valence-corrected chi connectivity index (χ4v) is 1.77. The molecule has 6 heteroatoms. The van der Waals surface area contributed by atoms with Crippen molar-refractivity contribution in [3.63, 3.8) is 0 Å². The number of carboxylic acid groups (broad SMARTS) is 1. The number of carbonyl (C=O) groups is 2. The van der Waals surface area contributed by atoms with Crippen LogP contribution >= 0.6 is 0 Å². The van der Waals surface area contributed by atoms with Crippen LogP contribution in [0.25, 0.3) is 0 Å². The van der Waals surface area contributed by atoms with Crippen molar-refractivity contribution in [1.82, 2.24) is 5.32 Å². The molecule has 1 aromatic rings. The summed E-state index contributed by atoms with van der Waals surface area (Å²) in [5.74, 6) is -1.97. The number of aliphatic carboxylic acids is 1. The summed E-state index contributed by atoms with van der Waals surface area (Å²) in [5.41, 5.74) is 0. The van der Waals surface area contributed by atoms with Gasteiger partial charge in [0.1, 0.15) is 0 Å². The van der Waals surface area contributed by atoms with Gasteiger partial charge in [-0.2, -0.15) is 0 Å². The van der Waals surface area contributed by atoms with Crippen molar-refractivity contribution in [2.24, 2.45) is 5.92 Å². The van der Waals surface area contributed by atoms with Gasteiger partial charge < -0.3 is 15.2 Å². The number of amides is 1. The van der Waals surface area contributed by atoms with Crippen LogP contribution in [0.2, 0.25) is 0 Å². The van der Waals surface area contributed by atoms with Gasteiger partial charge in [-0.25, -0.2) is 4.39 Å². The van der Waals surface area contributed by atoms with E-state index in [4.69, 9.17) is 9.84 Å². The van der Waals surface area contributed by atoms with Gasteiger partial charge in [0, 0.05) is 13.0 Å². The average Bonchev–Trinajstić information content (AvgIpc) is 2.43. The lowest BCUT2D eigenvalue weighted by Gasteiger charge is -2.18. The minimum absolute atomic E-state index is 0.0226. The SMILES string of the molecule is CCC(Oc1ccccc1F)C(=O)NCC(C)CC(=O)O. The Morgan fingerprint density at radius 1 is 1.38 bits per heavy atom. The van der Waals surface area contributed by atoms with Crippen molar-refractivity contribution in [3.8, 4) is 5.75 Å². The molecule has 1 aromatic carbocycles. The molecular weight excluding hydrogens is 277 g/mol. The summed E-state index contributed by atoms with van der Waals surface area (Å²) in [7, 11) is 0. The third-order valence-corrected chi connectivity index (χ3v) is 2.92. The van der Waals surface area contributed by atoms with Crippen LogP contribution in [-0.2, 0) is 9.59 Å². The zero-order chi connectivity index (χ0) is 15.8. The number of benzene rings is 1. The first-order chi connectivity index (χ1) is 9.93. The number of rotatable bonds is 8. The van der Waals surface area contributed by atoms with E-state index >= 15 is 0 Å². The van der Waals surface area contributed by atoms with Crippen LogP contribution in [0.5, 0.6) is 5.75 Å². The minimum Gasteiger partial charge on any atom is -0.481 e. The lowest BCUT2D eigenvalue weighted by atomic mass is 10.1. The van der Waals surface area contributed by atoms with E-state index in [-0.39, 0.29) is 30.5 Å². The van der Waals surface area contributed by atoms with E-state index in [1.807, 2.05) is 0 Å². The predicted octanol–water partition coefficient (Wildman–Crippen LogP) is 2.21. The first-order valence-corrected chi connectivity index (χ1v) is 6.84. The van der Waals surface area contributed by atoms with E-state index in [9.17, 15) is 14.0 Å². The molecule has 0 heterocycles. The van der Waals surface area contributed by atoms with Crippen molar-refractivity contribution in [1.29, 1.82) is 0 Å². The van der Waals surface area contributed by atoms with Crippen molar-refractivity contribution < 1.29 is 23.8 Å². The van der Waals surface area contributed by atoms with E-state index in [1.54, 1.807) is 19.9 Å². The van der Waals surface area contributed by atoms with Gasteiger partial charge in [0.05, 0.1) is 0 Å². The maximum atomic E-state index is 13.5. The fourth-order valence-electron chi connectivity index (χ4n) is 1.77. The number of para-hydroxylation sites is 1. The van der Waals surface area contributed by atoms with E-state index in [2.05, 4.69) is 5.32 Å². The number of carboxylic acids is 1. The highest BCUT2D eigenvalue weighted by atomic mass is 19.1. The number of hydrogen-bond donors (Lipinski definition) is 2. The molecule has 0 aliphatic carbocycles. The Kier molecular flexibility index (Phi) is 6.65. The first kappa shape index (κ1) is 16.9. The molecule has 0 saturated carbocycles. The van der Waals surface area contributed by atoms with Gasteiger partial charge in [-0.15, -0.1) is 0 Å². The van der Waals surface area contributed by atoms with E-state index in [0.717, 1.165) is 0 Å². The molecule has 0 saturated heterocycles. The zero-order valence-corrected chi connectivity index (χ0v) is 12.1. The molecule has 116 valence electrons. The predicted molar refractivity (Wildman–Crippen MR) is 75.5 cm³/mol. The minimum atomic E-state index is -0.911. The highest BCUT2D eigenvalue weighted by Gasteiger charge is 2.20. The molecule has 21 heavy (non-hydrogen) atoms. The summed E-state index contributed by atoms with van der Waals surface area (Å²) in [6, 6.07) is 5.88. The number of ether oxygens (including phenoxy) is 1. The summed E-state index contributed by atoms with van der Waals surface area (Å²) in [4.78, 5) is 22.5. The van der Waals surface area contributed by atoms with Crippen LogP contribution < -0.4 is 10.1 Å². The quantitative estimate of drug-likeness (QED) is 0.771. The molecule has 1 rings (SSSR count). The van der Waals surface area contributed by atoms with E-state index < -0.39 is 17.9 Å². The standard InChI is InChI=1S/C15H20FNO4/c1-3-12(21-13-7-5-4-6-11(13)16)15(20)17-9-10(2)8-14(18)19/h4-7,10,12H,3,8-9H2,1-2H3,(H,17,20)(H,18,19). The van der Waals surface area contributed by atoms with Crippen LogP contribution in [0.4, 0.5) is 4.39 Å². The molecule has 0 radical (unpaired) electrons. The van der Waals surface area contributed by atoms with Crippen LogP contribution in [-0.4, -0.2) is 29.6 Å². The average molecular weight is 297 g/mol. The molecule has 0 aromatic heterocycles. The Balaban J connectivity index is 2.54. The number of nitrogens with one attached hydrogen (secondary N) is 1. The van der Waals surface area contributed by atoms with Crippen LogP contribution in [0.1, 0.15) is 26.7 Å². The largest absolute Gasteiger partial charge is 0.481 e. The second kappa shape index (κ2) is 8.24. The van der Waals surface area contributed by atoms with Crippen molar-refractivity contribution in [2.75, 3.05) is 6.54 Å². The fraction of sp³-hybridized carbons (Fsp3) is 0.467. The smallest absolute Gasteiger partial charge is 0.303 e. The van der Waals surface area contributed by atoms with Gasteiger partial charge in [-0.3, -0.25) is 9.59 Å². The molecule has 0 aliphatic heterocycles. The number of halogens is 1. The Hall–Kier alpha value is -2.11. The molecule has 0 spiro atoms. The van der Waals surface area contributed by atoms with Gasteiger partial charge in [0.15, 0.2) is 17.7 Å². The highest BCUT2D eigenvalue weighted by molar-refractivity contribution is 5.81. The summed E-state index contributed by atoms with van der Waals surface area (Å²) in [5, 5.41) is 11.3. The summed E-state index contributed by atoms with van der Waals surface area (Å²) < 4.78 is 18.9. The monoisotopic (exact) mass is 297 g/mol. The van der Waals surface area contributed by atoms with Crippen molar-refractivity contribution in [2.45, 2.75) is 32.8 Å². The summed E-state index contributed by atoms with van der Waals surface area (Å²) >= 11 is 0. The maximum Gasteiger partial charge on any atom is 0.303 e. The molecule has 1 amide bonds. The molecule has 0 fully saturated rings. The number of carbonyl (C=O) groups excluding carboxylic acids is 1. The van der Waals surface area contributed by atoms with Gasteiger partial charge in [-0.1, -0.05) is 26.0 Å². The third kappa shape index (κ3) is 5.81. The molecule has 0 bridgehead atoms. The second-order valence-corrected chi connectivity index (χ2v) is 4.89. The van der Waals surface area contributed by atoms with E-state index in [0.29, 0.717) is 6.42 Å². The Labute approximate surface area is 123 Å². The Bertz CT molecular complexity index is 492. The maximum absolute atomic E-state index is 13.5. The van der Waals surface area contributed by atoms with Crippen LogP contribution in [0, 0.1) is 11.7 Å². The van der Waals surface area contributed by atoms with Crippen molar-refractivity contribution in [3.05, 3.63) is 30.1 Å². The molecule has 5 nitrogen and oxygen atoms in total. The lowest BCUT2D eigenvalue weighted by Crippen LogP contribution is -2.40. The number of hydrogen-bond acceptors (Lipinski definition) is 3. The Morgan fingerprint density at radius 3 is 2.62 bits per heavy atom. The molecular formula is C15H20FNO4. The third-order valence-electron chi connectivity index (χ3n) is 2.92. The highest BCUT2D eigenvalue weighted by Crippen LogP contribution is 2.18. The van der Waals surface area contributed by atoms with Gasteiger partial charge in [-0.05, 0) is 24.5 Å². The van der Waals surface area contributed by atoms with Gasteiger partial charge in [0.2, 0.25) is 0 Å². The summed E-state index contributed by atoms with van der Waals surface area (Å²) in [6.07, 6.45) is -0.447. The Morgan fingerprint density at radius 2 is 2.05 bits per heavy atom. The van der Waals surface area contributed by atoms with Crippen LogP contribution in [0.15, 0.2) is 24.3 Å². The molecule has 2 atom stereocenters.